The van der Waals surface area contributed by atoms with Gasteiger partial charge in [-0.2, -0.15) is 8.42 Å². The molecule has 0 aliphatic heterocycles. The van der Waals surface area contributed by atoms with Crippen LogP contribution in [0.25, 0.3) is 0 Å². The summed E-state index contributed by atoms with van der Waals surface area (Å²) in [5, 5.41) is 7.93. The number of carbonyl (C=O) groups is 1. The summed E-state index contributed by atoms with van der Waals surface area (Å²) in [5.41, 5.74) is 0. The van der Waals surface area contributed by atoms with Gasteiger partial charge in [-0.1, -0.05) is 15.9 Å². The summed E-state index contributed by atoms with van der Waals surface area (Å²) in [6, 6.07) is 0. The smallest absolute Gasteiger partial charge is 0.335 e. The maximum Gasteiger partial charge on any atom is 0.335 e. The van der Waals surface area contributed by atoms with Gasteiger partial charge in [0.25, 0.3) is 10.1 Å². The van der Waals surface area contributed by atoms with Crippen molar-refractivity contribution in [3.8, 4) is 0 Å². The fourth-order valence-electron chi connectivity index (χ4n) is 0.127. The van der Waals surface area contributed by atoms with Gasteiger partial charge in [0.05, 0.1) is 0 Å². The van der Waals surface area contributed by atoms with E-state index >= 15 is 0 Å². The van der Waals surface area contributed by atoms with E-state index in [2.05, 4.69) is 15.9 Å². The molecule has 54 valence electrons. The molecule has 0 saturated carbocycles. The van der Waals surface area contributed by atoms with Gasteiger partial charge in [-0.25, -0.2) is 4.79 Å². The molecule has 0 fully saturated rings. The van der Waals surface area contributed by atoms with Crippen molar-refractivity contribution in [3.63, 3.8) is 0 Å². The number of aliphatic carboxylic acids is 1. The molecule has 5 nitrogen and oxygen atoms in total. The fourth-order valence-corrected chi connectivity index (χ4v) is 0.382. The third-order valence-corrected chi connectivity index (χ3v) is 2.99. The Balaban J connectivity index is 4.43. The predicted octanol–water partition coefficient (Wildman–Crippen LogP) is -0.320. The molecule has 0 saturated heterocycles. The number of carboxylic acids is 1. The van der Waals surface area contributed by atoms with Crippen LogP contribution in [0.1, 0.15) is 0 Å². The van der Waals surface area contributed by atoms with Gasteiger partial charge in [-0.3, -0.25) is 4.55 Å². The highest BCUT2D eigenvalue weighted by Gasteiger charge is 2.26. The Morgan fingerprint density at radius 1 is 1.56 bits per heavy atom. The first-order valence-corrected chi connectivity index (χ1v) is 4.11. The van der Waals surface area contributed by atoms with E-state index in [1.807, 2.05) is 0 Å². The van der Waals surface area contributed by atoms with E-state index in [1.54, 1.807) is 0 Å². The van der Waals surface area contributed by atoms with E-state index in [0.29, 0.717) is 0 Å². The first-order chi connectivity index (χ1) is 3.85. The number of alkyl halides is 1. The van der Waals surface area contributed by atoms with Crippen molar-refractivity contribution in [3.05, 3.63) is 0 Å². The average molecular weight is 219 g/mol. The zero-order valence-electron chi connectivity index (χ0n) is 3.98. The van der Waals surface area contributed by atoms with E-state index in [9.17, 15) is 13.2 Å². The first kappa shape index (κ1) is 8.86. The Hall–Kier alpha value is -0.140. The van der Waals surface area contributed by atoms with Crippen LogP contribution in [-0.4, -0.2) is 28.2 Å². The van der Waals surface area contributed by atoms with E-state index < -0.39 is 20.2 Å². The van der Waals surface area contributed by atoms with Crippen LogP contribution in [0.2, 0.25) is 0 Å². The summed E-state index contributed by atoms with van der Waals surface area (Å²) >= 11 is 2.23. The molecule has 1 atom stereocenters. The lowest BCUT2D eigenvalue weighted by atomic mass is 10.8. The largest absolute Gasteiger partial charge is 0.480 e. The van der Waals surface area contributed by atoms with Gasteiger partial charge in [0, 0.05) is 0 Å². The lowest BCUT2D eigenvalue weighted by Crippen LogP contribution is -2.22. The van der Waals surface area contributed by atoms with Crippen LogP contribution in [-0.2, 0) is 14.9 Å². The summed E-state index contributed by atoms with van der Waals surface area (Å²) in [4.78, 5) is 9.76. The third kappa shape index (κ3) is 2.78. The zero-order valence-corrected chi connectivity index (χ0v) is 6.39. The Morgan fingerprint density at radius 2 is 1.89 bits per heavy atom. The number of rotatable bonds is 2. The number of hydrogen-bond acceptors (Lipinski definition) is 3. The minimum absolute atomic E-state index is 1.64. The lowest BCUT2D eigenvalue weighted by molar-refractivity contribution is -0.134. The molecular weight excluding hydrogens is 216 g/mol. The molecule has 0 heterocycles. The monoisotopic (exact) mass is 218 g/mol. The van der Waals surface area contributed by atoms with Crippen LogP contribution in [0, 0.1) is 0 Å². The average Bonchev–Trinajstić information content (AvgIpc) is 1.62. The Kier molecular flexibility index (Phi) is 2.59. The highest BCUT2D eigenvalue weighted by molar-refractivity contribution is 9.11. The Bertz CT molecular complexity index is 205. The summed E-state index contributed by atoms with van der Waals surface area (Å²) in [6.45, 7) is 0. The summed E-state index contributed by atoms with van der Waals surface area (Å²) in [6.07, 6.45) is 0. The minimum atomic E-state index is -4.48. The molecule has 0 aliphatic carbocycles. The standard InChI is InChI=1S/C2H3BrO5S/c3-1(2(4)5)9(6,7)8/h1H,(H,4,5)(H,6,7,8)/t1-/m0/s1. The summed E-state index contributed by atoms with van der Waals surface area (Å²) in [7, 11) is -4.48. The third-order valence-electron chi connectivity index (χ3n) is 0.456. The van der Waals surface area contributed by atoms with Gasteiger partial charge >= 0.3 is 5.97 Å². The molecule has 9 heavy (non-hydrogen) atoms. The van der Waals surface area contributed by atoms with Gasteiger partial charge < -0.3 is 5.11 Å². The fraction of sp³-hybridized carbons (Fsp3) is 0.500. The Morgan fingerprint density at radius 3 is 1.89 bits per heavy atom. The lowest BCUT2D eigenvalue weighted by Gasteiger charge is -1.96. The van der Waals surface area contributed by atoms with Gasteiger partial charge in [0.2, 0.25) is 4.16 Å². The van der Waals surface area contributed by atoms with E-state index in [1.165, 1.54) is 0 Å². The van der Waals surface area contributed by atoms with Crippen molar-refractivity contribution in [2.75, 3.05) is 0 Å². The molecule has 0 unspecified atom stereocenters. The van der Waals surface area contributed by atoms with Crippen molar-refractivity contribution < 1.29 is 22.9 Å². The normalized spacial score (nSPS) is 14.9. The number of carboxylic acid groups (broad SMARTS) is 1. The quantitative estimate of drug-likeness (QED) is 0.490. The van der Waals surface area contributed by atoms with Crippen LogP contribution in [0.5, 0.6) is 0 Å². The molecule has 7 heteroatoms. The zero-order chi connectivity index (χ0) is 7.65. The van der Waals surface area contributed by atoms with Crippen LogP contribution < -0.4 is 0 Å². The maximum atomic E-state index is 9.90. The second kappa shape index (κ2) is 2.63. The minimum Gasteiger partial charge on any atom is -0.480 e. The maximum absolute atomic E-state index is 9.90. The topological polar surface area (TPSA) is 91.7 Å². The SMILES string of the molecule is O=C(O)[C@@H](Br)S(=O)(=O)O. The highest BCUT2D eigenvalue weighted by Crippen LogP contribution is 2.05. The summed E-state index contributed by atoms with van der Waals surface area (Å²) < 4.78 is 25.9. The summed E-state index contributed by atoms with van der Waals surface area (Å²) in [5.74, 6) is -1.64. The highest BCUT2D eigenvalue weighted by atomic mass is 79.9. The van der Waals surface area contributed by atoms with Crippen LogP contribution >= 0.6 is 15.9 Å². The van der Waals surface area contributed by atoms with Crippen molar-refractivity contribution >= 4 is 32.0 Å². The second-order valence-electron chi connectivity index (χ2n) is 1.17. The first-order valence-electron chi connectivity index (χ1n) is 1.69. The second-order valence-corrected chi connectivity index (χ2v) is 4.19. The molecule has 0 radical (unpaired) electrons. The Labute approximate surface area is 59.6 Å². The molecule has 0 amide bonds. The molecule has 0 spiro atoms. The van der Waals surface area contributed by atoms with Crippen molar-refractivity contribution in [2.24, 2.45) is 0 Å². The van der Waals surface area contributed by atoms with Crippen LogP contribution in [0.3, 0.4) is 0 Å². The van der Waals surface area contributed by atoms with E-state index in [4.69, 9.17) is 9.66 Å². The molecule has 2 N–H and O–H groups in total. The molecule has 0 aliphatic rings. The van der Waals surface area contributed by atoms with Gasteiger partial charge in [-0.15, -0.1) is 0 Å². The molecular formula is C2H3BrO5S. The predicted molar refractivity (Wildman–Crippen MR) is 31.9 cm³/mol. The molecule has 0 bridgehead atoms. The van der Waals surface area contributed by atoms with Crippen LogP contribution in [0.4, 0.5) is 0 Å². The van der Waals surface area contributed by atoms with Gasteiger partial charge in [0.15, 0.2) is 0 Å². The molecule has 0 rings (SSSR count). The number of halogens is 1. The van der Waals surface area contributed by atoms with E-state index in [0.717, 1.165) is 0 Å². The molecule has 0 aromatic rings. The van der Waals surface area contributed by atoms with Gasteiger partial charge in [0.1, 0.15) is 0 Å². The van der Waals surface area contributed by atoms with Crippen LogP contribution in [0.15, 0.2) is 0 Å². The molecule has 0 aromatic carbocycles. The number of hydrogen-bond donors (Lipinski definition) is 2. The molecule has 0 aromatic heterocycles. The van der Waals surface area contributed by atoms with Crippen molar-refractivity contribution in [1.29, 1.82) is 0 Å². The van der Waals surface area contributed by atoms with Gasteiger partial charge in [-0.05, 0) is 0 Å². The van der Waals surface area contributed by atoms with E-state index in [-0.39, 0.29) is 0 Å². The van der Waals surface area contributed by atoms with Crippen molar-refractivity contribution in [1.82, 2.24) is 0 Å². The van der Waals surface area contributed by atoms with Crippen molar-refractivity contribution in [2.45, 2.75) is 4.16 Å².